The molecule has 37 heavy (non-hydrogen) atoms. The zero-order chi connectivity index (χ0) is 26.6. The number of piperazine rings is 1. The van der Waals surface area contributed by atoms with Crippen molar-refractivity contribution in [2.24, 2.45) is 16.5 Å². The van der Waals surface area contributed by atoms with Crippen LogP contribution in [-0.4, -0.2) is 113 Å². The lowest BCUT2D eigenvalue weighted by Crippen LogP contribution is -2.57. The van der Waals surface area contributed by atoms with Gasteiger partial charge in [-0.3, -0.25) is 0 Å². The van der Waals surface area contributed by atoms with Gasteiger partial charge in [-0.2, -0.15) is 12.7 Å². The predicted molar refractivity (Wildman–Crippen MR) is 144 cm³/mol. The van der Waals surface area contributed by atoms with Crippen molar-refractivity contribution >= 4 is 37.5 Å². The molecular weight excluding hydrogens is 516 g/mol. The molecule has 0 aromatic heterocycles. The molecule has 5 aliphatic heterocycles. The zero-order valence-electron chi connectivity index (χ0n) is 21.6. The van der Waals surface area contributed by atoms with Crippen molar-refractivity contribution in [1.82, 2.24) is 14.1 Å². The van der Waals surface area contributed by atoms with Crippen LogP contribution in [-0.2, 0) is 20.0 Å². The number of benzene rings is 1. The molecular formula is C24H38N6O5S2. The average Bonchev–Trinajstić information content (AvgIpc) is 3.10. The van der Waals surface area contributed by atoms with Gasteiger partial charge in [0.15, 0.2) is 9.84 Å². The van der Waals surface area contributed by atoms with Crippen LogP contribution >= 0.6 is 0 Å². The summed E-state index contributed by atoms with van der Waals surface area (Å²) in [5.41, 5.74) is 2.17. The van der Waals surface area contributed by atoms with Gasteiger partial charge in [-0.15, -0.1) is 0 Å². The topological polar surface area (TPSA) is 128 Å². The SMILES string of the molecule is CC1(C)C[C@@H]2CN(C(=O)N3CCN(S(N)(=O)=O)CC3)C[C@H]1N(c1ccc(N3CCS(=O)(=O)CC3)cc1)C2. The third-order valence-corrected chi connectivity index (χ3v) is 11.1. The Morgan fingerprint density at radius 2 is 1.49 bits per heavy atom. The summed E-state index contributed by atoms with van der Waals surface area (Å²) in [4.78, 5) is 21.8. The Kier molecular flexibility index (Phi) is 6.87. The average molecular weight is 555 g/mol. The van der Waals surface area contributed by atoms with Crippen LogP contribution in [0.3, 0.4) is 0 Å². The van der Waals surface area contributed by atoms with Crippen LogP contribution in [0.4, 0.5) is 16.2 Å². The molecule has 1 aromatic rings. The lowest BCUT2D eigenvalue weighted by Gasteiger charge is -2.48. The van der Waals surface area contributed by atoms with Crippen molar-refractivity contribution < 1.29 is 21.6 Å². The maximum atomic E-state index is 13.5. The fourth-order valence-electron chi connectivity index (χ4n) is 6.44. The number of hydrogen-bond acceptors (Lipinski definition) is 7. The number of piperidine rings is 1. The van der Waals surface area contributed by atoms with Crippen molar-refractivity contribution in [3.63, 3.8) is 0 Å². The Morgan fingerprint density at radius 1 is 0.892 bits per heavy atom. The molecule has 206 valence electrons. The second-order valence-corrected chi connectivity index (χ2v) is 15.4. The second-order valence-electron chi connectivity index (χ2n) is 11.5. The van der Waals surface area contributed by atoms with Gasteiger partial charge in [0.2, 0.25) is 0 Å². The van der Waals surface area contributed by atoms with Crippen molar-refractivity contribution in [2.75, 3.05) is 80.2 Å². The fourth-order valence-corrected chi connectivity index (χ4v) is 8.31. The van der Waals surface area contributed by atoms with Crippen LogP contribution < -0.4 is 14.9 Å². The number of carbonyl (C=O) groups excluding carboxylic acids is 1. The van der Waals surface area contributed by atoms with Crippen molar-refractivity contribution in [3.8, 4) is 0 Å². The summed E-state index contributed by atoms with van der Waals surface area (Å²) < 4.78 is 48.1. The van der Waals surface area contributed by atoms with E-state index in [0.29, 0.717) is 45.2 Å². The molecule has 6 rings (SSSR count). The summed E-state index contributed by atoms with van der Waals surface area (Å²) in [5, 5.41) is 5.25. The molecule has 2 bridgehead atoms. The monoisotopic (exact) mass is 554 g/mol. The normalized spacial score (nSPS) is 28.3. The smallest absolute Gasteiger partial charge is 0.320 e. The molecule has 0 aliphatic carbocycles. The third kappa shape index (κ3) is 5.55. The van der Waals surface area contributed by atoms with Gasteiger partial charge < -0.3 is 19.6 Å². The minimum atomic E-state index is -3.74. The van der Waals surface area contributed by atoms with E-state index in [1.165, 1.54) is 4.31 Å². The standard InChI is InChI=1S/C24H38N6O5S2/c1-24(2)15-19-16-28(23(31)27-7-9-29(10-8-27)37(25,34)35)18-22(24)30(17-19)21-5-3-20(4-6-21)26-11-13-36(32,33)14-12-26/h3-6,19,22H,7-18H2,1-2H3,(H2,25,34,35)/t19-,22-/m1/s1. The van der Waals surface area contributed by atoms with Crippen molar-refractivity contribution in [2.45, 2.75) is 26.3 Å². The van der Waals surface area contributed by atoms with Crippen molar-refractivity contribution in [3.05, 3.63) is 24.3 Å². The second kappa shape index (κ2) is 9.58. The van der Waals surface area contributed by atoms with Gasteiger partial charge in [0.05, 0.1) is 17.5 Å². The molecule has 5 fully saturated rings. The summed E-state index contributed by atoms with van der Waals surface area (Å²) >= 11 is 0. The predicted octanol–water partition coefficient (Wildman–Crippen LogP) is 0.399. The fraction of sp³-hybridized carbons (Fsp3) is 0.708. The highest BCUT2D eigenvalue weighted by Crippen LogP contribution is 2.43. The number of nitrogens with zero attached hydrogens (tertiary/aromatic N) is 5. The summed E-state index contributed by atoms with van der Waals surface area (Å²) in [6.07, 6.45) is 1.04. The lowest BCUT2D eigenvalue weighted by atomic mass is 9.73. The van der Waals surface area contributed by atoms with E-state index in [-0.39, 0.29) is 42.1 Å². The number of anilines is 2. The number of rotatable bonds is 3. The molecule has 5 saturated heterocycles. The molecule has 2 amide bonds. The highest BCUT2D eigenvalue weighted by molar-refractivity contribution is 7.91. The van der Waals surface area contributed by atoms with E-state index in [1.807, 2.05) is 4.90 Å². The maximum Gasteiger partial charge on any atom is 0.320 e. The van der Waals surface area contributed by atoms with E-state index in [4.69, 9.17) is 5.14 Å². The molecule has 0 spiro atoms. The van der Waals surface area contributed by atoms with Gasteiger partial charge in [0, 0.05) is 70.3 Å². The number of amides is 2. The molecule has 5 aliphatic rings. The maximum absolute atomic E-state index is 13.5. The molecule has 0 unspecified atom stereocenters. The van der Waals surface area contributed by atoms with Crippen molar-refractivity contribution in [1.29, 1.82) is 0 Å². The van der Waals surface area contributed by atoms with Gasteiger partial charge in [0.1, 0.15) is 0 Å². The van der Waals surface area contributed by atoms with Crippen LogP contribution in [0.5, 0.6) is 0 Å². The number of urea groups is 1. The van der Waals surface area contributed by atoms with E-state index in [0.717, 1.165) is 24.3 Å². The molecule has 11 nitrogen and oxygen atoms in total. The number of nitrogens with two attached hydrogens (primary N) is 1. The van der Waals surface area contributed by atoms with E-state index >= 15 is 0 Å². The van der Waals surface area contributed by atoms with Gasteiger partial charge >= 0.3 is 6.03 Å². The first-order valence-corrected chi connectivity index (χ1v) is 16.3. The highest BCUT2D eigenvalue weighted by atomic mass is 32.2. The van der Waals surface area contributed by atoms with Gasteiger partial charge in [-0.1, -0.05) is 13.8 Å². The van der Waals surface area contributed by atoms with Crippen LogP contribution in [0.15, 0.2) is 24.3 Å². The van der Waals surface area contributed by atoms with E-state index in [1.54, 1.807) is 4.90 Å². The Hall–Kier alpha value is -2.09. The molecule has 0 radical (unpaired) electrons. The number of hydrogen-bond donors (Lipinski definition) is 1. The van der Waals surface area contributed by atoms with Gasteiger partial charge in [-0.05, 0) is 42.0 Å². The Morgan fingerprint density at radius 3 is 2.08 bits per heavy atom. The van der Waals surface area contributed by atoms with E-state index < -0.39 is 20.0 Å². The Bertz CT molecular complexity index is 1210. The summed E-state index contributed by atoms with van der Waals surface area (Å²) in [6.45, 7) is 8.89. The largest absolute Gasteiger partial charge is 0.369 e. The first-order chi connectivity index (χ1) is 17.3. The van der Waals surface area contributed by atoms with Gasteiger partial charge in [-0.25, -0.2) is 18.4 Å². The molecule has 0 saturated carbocycles. The number of fused-ring (bicyclic) bond motifs is 4. The van der Waals surface area contributed by atoms with Crippen LogP contribution in [0.2, 0.25) is 0 Å². The molecule has 5 heterocycles. The lowest BCUT2D eigenvalue weighted by molar-refractivity contribution is 0.131. The summed E-state index contributed by atoms with van der Waals surface area (Å²) in [7, 11) is -6.66. The molecule has 13 heteroatoms. The molecule has 1 aromatic carbocycles. The summed E-state index contributed by atoms with van der Waals surface area (Å²) in [6, 6.07) is 8.51. The third-order valence-electron chi connectivity index (χ3n) is 8.45. The molecule has 2 atom stereocenters. The Labute approximate surface area is 220 Å². The first-order valence-electron chi connectivity index (χ1n) is 13.0. The Balaban J connectivity index is 1.29. The zero-order valence-corrected chi connectivity index (χ0v) is 23.3. The van der Waals surface area contributed by atoms with Crippen LogP contribution in [0.1, 0.15) is 20.3 Å². The minimum Gasteiger partial charge on any atom is -0.369 e. The molecule has 2 N–H and O–H groups in total. The van der Waals surface area contributed by atoms with Gasteiger partial charge in [0.25, 0.3) is 10.2 Å². The van der Waals surface area contributed by atoms with Crippen LogP contribution in [0.25, 0.3) is 0 Å². The quantitative estimate of drug-likeness (QED) is 0.573. The van der Waals surface area contributed by atoms with Crippen LogP contribution in [0, 0.1) is 11.3 Å². The van der Waals surface area contributed by atoms with E-state index in [2.05, 4.69) is 47.9 Å². The minimum absolute atomic E-state index is 0.0180. The highest BCUT2D eigenvalue weighted by Gasteiger charge is 2.47. The van der Waals surface area contributed by atoms with E-state index in [9.17, 15) is 21.6 Å². The summed E-state index contributed by atoms with van der Waals surface area (Å²) in [5.74, 6) is 0.717. The number of sulfone groups is 1. The first kappa shape index (κ1) is 26.5. The number of carbonyl (C=O) groups is 1.